The third-order valence-electron chi connectivity index (χ3n) is 4.66. The lowest BCUT2D eigenvalue weighted by atomic mass is 10.1. The summed E-state index contributed by atoms with van der Waals surface area (Å²) in [5.41, 5.74) is 2.17. The molecule has 0 spiro atoms. The molecule has 0 bridgehead atoms. The second-order valence-electron chi connectivity index (χ2n) is 6.55. The summed E-state index contributed by atoms with van der Waals surface area (Å²) in [7, 11) is 1.89. The molecule has 28 heavy (non-hydrogen) atoms. The minimum absolute atomic E-state index is 0.0792. The van der Waals surface area contributed by atoms with E-state index in [1.165, 1.54) is 0 Å². The first kappa shape index (κ1) is 17.7. The molecule has 2 N–H and O–H groups in total. The van der Waals surface area contributed by atoms with Crippen molar-refractivity contribution in [3.05, 3.63) is 72.2 Å². The van der Waals surface area contributed by atoms with E-state index in [-0.39, 0.29) is 18.0 Å². The third-order valence-corrected chi connectivity index (χ3v) is 4.66. The topological polar surface area (TPSA) is 92.2 Å². The minimum atomic E-state index is -0.320. The van der Waals surface area contributed by atoms with Gasteiger partial charge in [0.25, 0.3) is 5.91 Å². The molecule has 0 aliphatic carbocycles. The lowest BCUT2D eigenvalue weighted by Gasteiger charge is -2.35. The molecule has 3 aromatic rings. The highest BCUT2D eigenvalue weighted by Gasteiger charge is 2.30. The van der Waals surface area contributed by atoms with Gasteiger partial charge in [-0.25, -0.2) is 4.98 Å². The van der Waals surface area contributed by atoms with E-state index in [4.69, 9.17) is 0 Å². The predicted molar refractivity (Wildman–Crippen MR) is 105 cm³/mol. The number of fused-ring (bicyclic) bond motifs is 1. The highest BCUT2D eigenvalue weighted by molar-refractivity contribution is 6.01. The highest BCUT2D eigenvalue weighted by atomic mass is 16.2. The number of carbonyl (C=O) groups excluding carboxylic acids is 2. The number of nitrogens with zero attached hydrogens (tertiary/aromatic N) is 4. The summed E-state index contributed by atoms with van der Waals surface area (Å²) in [5, 5.41) is 9.94. The highest BCUT2D eigenvalue weighted by Crippen LogP contribution is 2.30. The number of hydrogen-bond donors (Lipinski definition) is 2. The Hall–Kier alpha value is -3.68. The molecule has 1 aliphatic heterocycles. The van der Waals surface area contributed by atoms with Gasteiger partial charge in [-0.1, -0.05) is 12.1 Å². The van der Waals surface area contributed by atoms with Gasteiger partial charge in [0, 0.05) is 44.3 Å². The molecular formula is C20H20N6O2. The summed E-state index contributed by atoms with van der Waals surface area (Å²) >= 11 is 0. The first-order valence-corrected chi connectivity index (χ1v) is 8.98. The zero-order valence-corrected chi connectivity index (χ0v) is 15.4. The fraction of sp³-hybridized carbons (Fsp3) is 0.200. The van der Waals surface area contributed by atoms with Crippen molar-refractivity contribution in [3.63, 3.8) is 0 Å². The quantitative estimate of drug-likeness (QED) is 0.712. The SMILES string of the molecule is CN1c2ncccc2C(=O)N[C@H]1c1ccc(NC(=O)CCn2cccn2)cc1. The van der Waals surface area contributed by atoms with E-state index in [9.17, 15) is 9.59 Å². The summed E-state index contributed by atoms with van der Waals surface area (Å²) in [5.74, 6) is 0.416. The maximum atomic E-state index is 12.4. The Balaban J connectivity index is 1.42. The van der Waals surface area contributed by atoms with E-state index >= 15 is 0 Å². The molecule has 0 unspecified atom stereocenters. The van der Waals surface area contributed by atoms with E-state index in [0.717, 1.165) is 5.56 Å². The lowest BCUT2D eigenvalue weighted by Crippen LogP contribution is -2.45. The maximum Gasteiger partial charge on any atom is 0.256 e. The molecule has 1 aromatic carbocycles. The average Bonchev–Trinajstić information content (AvgIpc) is 3.24. The molecule has 142 valence electrons. The number of aryl methyl sites for hydroxylation is 1. The number of benzene rings is 1. The summed E-state index contributed by atoms with van der Waals surface area (Å²) in [6.07, 6.45) is 5.20. The van der Waals surface area contributed by atoms with Crippen LogP contribution >= 0.6 is 0 Å². The smallest absolute Gasteiger partial charge is 0.256 e. The van der Waals surface area contributed by atoms with Gasteiger partial charge >= 0.3 is 0 Å². The molecule has 0 saturated heterocycles. The van der Waals surface area contributed by atoms with Gasteiger partial charge in [0.2, 0.25) is 5.91 Å². The molecule has 2 amide bonds. The van der Waals surface area contributed by atoms with Gasteiger partial charge in [-0.2, -0.15) is 5.10 Å². The summed E-state index contributed by atoms with van der Waals surface area (Å²) in [6.45, 7) is 0.530. The van der Waals surface area contributed by atoms with Crippen LogP contribution in [-0.4, -0.2) is 33.6 Å². The van der Waals surface area contributed by atoms with Gasteiger partial charge in [0.05, 0.1) is 5.56 Å². The van der Waals surface area contributed by atoms with Crippen LogP contribution in [0.3, 0.4) is 0 Å². The Kier molecular flexibility index (Phi) is 4.76. The fourth-order valence-corrected chi connectivity index (χ4v) is 3.20. The van der Waals surface area contributed by atoms with Gasteiger partial charge in [-0.3, -0.25) is 14.3 Å². The third kappa shape index (κ3) is 3.57. The maximum absolute atomic E-state index is 12.4. The molecule has 4 rings (SSSR count). The standard InChI is InChI=1S/C20H20N6O2/c1-25-18(24-20(28)16-4-2-10-21-19(16)25)14-5-7-15(8-6-14)23-17(27)9-13-26-12-3-11-22-26/h2-8,10-12,18H,9,13H2,1H3,(H,23,27)(H,24,28)/t18-/m1/s1. The molecule has 8 nitrogen and oxygen atoms in total. The number of nitrogens with one attached hydrogen (secondary N) is 2. The summed E-state index contributed by atoms with van der Waals surface area (Å²) in [4.78, 5) is 30.7. The molecule has 8 heteroatoms. The van der Waals surface area contributed by atoms with E-state index in [1.807, 2.05) is 48.5 Å². The molecule has 1 atom stereocenters. The Labute approximate surface area is 162 Å². The largest absolute Gasteiger partial charge is 0.335 e. The Morgan fingerprint density at radius 2 is 2.00 bits per heavy atom. The van der Waals surface area contributed by atoms with Crippen molar-refractivity contribution < 1.29 is 9.59 Å². The zero-order chi connectivity index (χ0) is 19.5. The predicted octanol–water partition coefficient (Wildman–Crippen LogP) is 2.19. The second kappa shape index (κ2) is 7.51. The van der Waals surface area contributed by atoms with Crippen LogP contribution in [0.25, 0.3) is 0 Å². The van der Waals surface area contributed by atoms with Crippen LogP contribution < -0.4 is 15.5 Å². The molecule has 3 heterocycles. The summed E-state index contributed by atoms with van der Waals surface area (Å²) in [6, 6.07) is 12.8. The first-order chi connectivity index (χ1) is 13.6. The molecule has 2 aromatic heterocycles. The average molecular weight is 376 g/mol. The van der Waals surface area contributed by atoms with Crippen LogP contribution in [0.5, 0.6) is 0 Å². The number of aromatic nitrogens is 3. The van der Waals surface area contributed by atoms with Crippen LogP contribution in [-0.2, 0) is 11.3 Å². The number of rotatable bonds is 5. The first-order valence-electron chi connectivity index (χ1n) is 8.98. The van der Waals surface area contributed by atoms with E-state index in [2.05, 4.69) is 20.7 Å². The van der Waals surface area contributed by atoms with Crippen molar-refractivity contribution in [2.24, 2.45) is 0 Å². The second-order valence-corrected chi connectivity index (χ2v) is 6.55. The van der Waals surface area contributed by atoms with Crippen molar-refractivity contribution >= 4 is 23.3 Å². The number of amides is 2. The van der Waals surface area contributed by atoms with Gasteiger partial charge in [0.15, 0.2) is 0 Å². The molecule has 0 saturated carbocycles. The van der Waals surface area contributed by atoms with Crippen LogP contribution in [0.2, 0.25) is 0 Å². The van der Waals surface area contributed by atoms with Gasteiger partial charge in [0.1, 0.15) is 12.0 Å². The van der Waals surface area contributed by atoms with Crippen LogP contribution in [0, 0.1) is 0 Å². The molecule has 0 radical (unpaired) electrons. The molecule has 1 aliphatic rings. The zero-order valence-electron chi connectivity index (χ0n) is 15.4. The molecule has 0 fully saturated rings. The monoisotopic (exact) mass is 376 g/mol. The number of carbonyl (C=O) groups is 2. The van der Waals surface area contributed by atoms with E-state index in [1.54, 1.807) is 29.2 Å². The van der Waals surface area contributed by atoms with Crippen LogP contribution in [0.4, 0.5) is 11.5 Å². The Bertz CT molecular complexity index is 984. The Morgan fingerprint density at radius 3 is 2.75 bits per heavy atom. The summed E-state index contributed by atoms with van der Waals surface area (Å²) < 4.78 is 1.72. The number of hydrogen-bond acceptors (Lipinski definition) is 5. The van der Waals surface area contributed by atoms with Gasteiger partial charge < -0.3 is 15.5 Å². The minimum Gasteiger partial charge on any atom is -0.335 e. The normalized spacial score (nSPS) is 15.7. The van der Waals surface area contributed by atoms with Gasteiger partial charge in [-0.05, 0) is 35.9 Å². The van der Waals surface area contributed by atoms with E-state index < -0.39 is 0 Å². The van der Waals surface area contributed by atoms with Crippen LogP contribution in [0.15, 0.2) is 61.1 Å². The van der Waals surface area contributed by atoms with E-state index in [0.29, 0.717) is 30.0 Å². The fourth-order valence-electron chi connectivity index (χ4n) is 3.20. The van der Waals surface area contributed by atoms with Gasteiger partial charge in [-0.15, -0.1) is 0 Å². The van der Waals surface area contributed by atoms with Crippen molar-refractivity contribution in [1.29, 1.82) is 0 Å². The Morgan fingerprint density at radius 1 is 1.18 bits per heavy atom. The van der Waals surface area contributed by atoms with Crippen molar-refractivity contribution in [3.8, 4) is 0 Å². The van der Waals surface area contributed by atoms with Crippen molar-refractivity contribution in [2.75, 3.05) is 17.3 Å². The number of anilines is 2. The van der Waals surface area contributed by atoms with Crippen LogP contribution in [0.1, 0.15) is 28.5 Å². The molecular weight excluding hydrogens is 356 g/mol. The lowest BCUT2D eigenvalue weighted by molar-refractivity contribution is -0.116. The van der Waals surface area contributed by atoms with Crippen molar-refractivity contribution in [2.45, 2.75) is 19.1 Å². The number of pyridine rings is 1. The van der Waals surface area contributed by atoms with Crippen molar-refractivity contribution in [1.82, 2.24) is 20.1 Å².